The van der Waals surface area contributed by atoms with Crippen LogP contribution < -0.4 is 10.4 Å². The number of aromatic nitrogens is 2. The topological polar surface area (TPSA) is 25.8 Å². The van der Waals surface area contributed by atoms with Crippen LogP contribution >= 0.6 is 0 Å². The van der Waals surface area contributed by atoms with E-state index >= 15 is 0 Å². The highest BCUT2D eigenvalue weighted by molar-refractivity contribution is 5.63. The van der Waals surface area contributed by atoms with Gasteiger partial charge in [0.2, 0.25) is 0 Å². The molecule has 0 spiro atoms. The normalized spacial score (nSPS) is 17.1. The van der Waals surface area contributed by atoms with Gasteiger partial charge in [-0.2, -0.15) is 26.3 Å². The third-order valence-corrected chi connectivity index (χ3v) is 3.39. The van der Waals surface area contributed by atoms with Crippen molar-refractivity contribution in [3.63, 3.8) is 0 Å². The molecule has 8 heteroatoms. The van der Waals surface area contributed by atoms with Crippen molar-refractivity contribution in [2.24, 2.45) is 0 Å². The summed E-state index contributed by atoms with van der Waals surface area (Å²) in [5, 5.41) is 4.38. The van der Waals surface area contributed by atoms with E-state index in [4.69, 9.17) is 0 Å². The summed E-state index contributed by atoms with van der Waals surface area (Å²) in [6.07, 6.45) is -1.04. The van der Waals surface area contributed by atoms with Gasteiger partial charge in [-0.05, 0) is 29.7 Å². The van der Waals surface area contributed by atoms with Crippen molar-refractivity contribution in [2.75, 3.05) is 0 Å². The molecule has 0 aromatic carbocycles. The van der Waals surface area contributed by atoms with Gasteiger partial charge in [0.05, 0.1) is 0 Å². The van der Waals surface area contributed by atoms with Crippen molar-refractivity contribution in [2.45, 2.75) is 18.8 Å². The second-order valence-electron chi connectivity index (χ2n) is 5.05. The highest BCUT2D eigenvalue weighted by Crippen LogP contribution is 2.28. The van der Waals surface area contributed by atoms with Crippen molar-refractivity contribution in [3.05, 3.63) is 57.3 Å². The monoisotopic (exact) mass is 330 g/mol. The summed E-state index contributed by atoms with van der Waals surface area (Å²) in [4.78, 5) is 0. The summed E-state index contributed by atoms with van der Waals surface area (Å²) in [6.45, 7) is 0. The average Bonchev–Trinajstić information content (AvgIpc) is 2.73. The summed E-state index contributed by atoms with van der Waals surface area (Å²) in [5.74, 6) is 0. The van der Waals surface area contributed by atoms with Gasteiger partial charge in [0.15, 0.2) is 11.4 Å². The molecule has 1 aromatic heterocycles. The Morgan fingerprint density at radius 1 is 0.696 bits per heavy atom. The molecule has 0 atom stereocenters. The van der Waals surface area contributed by atoms with Crippen LogP contribution in [0.15, 0.2) is 35.5 Å². The Balaban J connectivity index is 2.49. The number of rotatable bonds is 0. The van der Waals surface area contributed by atoms with Gasteiger partial charge in [0.1, 0.15) is 0 Å². The Kier molecular flexibility index (Phi) is 3.42. The fourth-order valence-electron chi connectivity index (χ4n) is 2.45. The predicted molar refractivity (Wildman–Crippen MR) is 70.1 cm³/mol. The molecule has 0 radical (unpaired) electrons. The lowest BCUT2D eigenvalue weighted by molar-refractivity contribution is -0.149. The van der Waals surface area contributed by atoms with Gasteiger partial charge in [-0.3, -0.25) is 0 Å². The minimum absolute atomic E-state index is 0.232. The van der Waals surface area contributed by atoms with Crippen LogP contribution in [0, 0.1) is 0 Å². The number of fused-ring (bicyclic) bond motifs is 3. The number of halogens is 6. The number of nitrogens with zero attached hydrogens (tertiary/aromatic N) is 2. The highest BCUT2D eigenvalue weighted by atomic mass is 19.4. The Labute approximate surface area is 125 Å². The first kappa shape index (κ1) is 15.5. The molecular formula is C15H8F6N2. The fraction of sp³-hybridized carbons (Fsp3) is 0.200. The molecule has 0 aliphatic heterocycles. The van der Waals surface area contributed by atoms with E-state index in [2.05, 4.69) is 10.2 Å². The van der Waals surface area contributed by atoms with Crippen molar-refractivity contribution in [1.82, 2.24) is 10.2 Å². The van der Waals surface area contributed by atoms with Crippen molar-refractivity contribution >= 4 is 12.2 Å². The molecule has 0 N–H and O–H groups in total. The molecule has 0 fully saturated rings. The first-order chi connectivity index (χ1) is 10.7. The fourth-order valence-corrected chi connectivity index (χ4v) is 2.45. The van der Waals surface area contributed by atoms with Gasteiger partial charge < -0.3 is 0 Å². The van der Waals surface area contributed by atoms with Gasteiger partial charge in [0, 0.05) is 10.4 Å². The summed E-state index contributed by atoms with van der Waals surface area (Å²) in [7, 11) is 0. The standard InChI is InChI=1S/C15H8F6N2/c16-14(17,18)12-10-6-8-3-1-2-4-9(5-8)7-11(10)13(23-22-12)15(19,20)21/h1-4,6-7H,5H2. The Hall–Kier alpha value is -2.38. The van der Waals surface area contributed by atoms with E-state index < -0.39 is 34.2 Å². The lowest BCUT2D eigenvalue weighted by atomic mass is 10.1. The smallest absolute Gasteiger partial charge is 0.164 e. The van der Waals surface area contributed by atoms with Crippen LogP contribution in [-0.2, 0) is 12.4 Å². The summed E-state index contributed by atoms with van der Waals surface area (Å²) < 4.78 is 78.6. The Bertz CT molecular complexity index is 798. The number of hydrogen-bond donors (Lipinski definition) is 0. The Morgan fingerprint density at radius 3 is 1.43 bits per heavy atom. The van der Waals surface area contributed by atoms with Gasteiger partial charge in [-0.25, -0.2) is 0 Å². The van der Waals surface area contributed by atoms with Crippen molar-refractivity contribution in [1.29, 1.82) is 0 Å². The van der Waals surface area contributed by atoms with Gasteiger partial charge in [-0.1, -0.05) is 24.3 Å². The second kappa shape index (κ2) is 5.07. The molecule has 1 heterocycles. The van der Waals surface area contributed by atoms with Crippen molar-refractivity contribution < 1.29 is 26.3 Å². The summed E-state index contributed by atoms with van der Waals surface area (Å²) in [6, 6.07) is 0. The molecular weight excluding hydrogens is 322 g/mol. The minimum atomic E-state index is -4.90. The van der Waals surface area contributed by atoms with E-state index in [0.717, 1.165) is 12.2 Å². The highest BCUT2D eigenvalue weighted by Gasteiger charge is 2.40. The van der Waals surface area contributed by atoms with Gasteiger partial charge in [0.25, 0.3) is 0 Å². The minimum Gasteiger partial charge on any atom is -0.164 e. The molecule has 2 aliphatic carbocycles. The maximum atomic E-state index is 13.1. The van der Waals surface area contributed by atoms with Gasteiger partial charge >= 0.3 is 12.4 Å². The van der Waals surface area contributed by atoms with E-state index in [0.29, 0.717) is 11.1 Å². The van der Waals surface area contributed by atoms with Crippen LogP contribution in [0.4, 0.5) is 26.3 Å². The number of alkyl halides is 6. The summed E-state index contributed by atoms with van der Waals surface area (Å²) in [5.41, 5.74) is -1.92. The Morgan fingerprint density at radius 2 is 1.09 bits per heavy atom. The van der Waals surface area contributed by atoms with Crippen LogP contribution in [0.3, 0.4) is 0 Å². The van der Waals surface area contributed by atoms with Crippen LogP contribution in [0.1, 0.15) is 17.8 Å². The molecule has 2 nitrogen and oxygen atoms in total. The molecule has 1 aromatic rings. The molecule has 120 valence electrons. The lowest BCUT2D eigenvalue weighted by Crippen LogP contribution is -2.41. The molecule has 3 rings (SSSR count). The average molecular weight is 330 g/mol. The van der Waals surface area contributed by atoms with Gasteiger partial charge in [-0.15, -0.1) is 10.2 Å². The predicted octanol–water partition coefficient (Wildman–Crippen LogP) is 2.90. The zero-order chi connectivity index (χ0) is 16.8. The zero-order valence-electron chi connectivity index (χ0n) is 11.3. The van der Waals surface area contributed by atoms with E-state index in [9.17, 15) is 26.3 Å². The second-order valence-corrected chi connectivity index (χ2v) is 5.05. The largest absolute Gasteiger partial charge is 0.435 e. The lowest BCUT2D eigenvalue weighted by Gasteiger charge is -2.10. The van der Waals surface area contributed by atoms with Crippen LogP contribution in [0.5, 0.6) is 0 Å². The van der Waals surface area contributed by atoms with Crippen LogP contribution in [0.25, 0.3) is 12.2 Å². The first-order valence-electron chi connectivity index (χ1n) is 6.47. The van der Waals surface area contributed by atoms with Crippen LogP contribution in [0.2, 0.25) is 0 Å². The maximum Gasteiger partial charge on any atom is 0.435 e. The van der Waals surface area contributed by atoms with Crippen LogP contribution in [-0.4, -0.2) is 10.2 Å². The SMILES string of the molecule is FC(F)(F)c1nnc(C(F)(F)F)c2c1=CC1=CC=CC=C(C=2)C1. The maximum absolute atomic E-state index is 13.1. The van der Waals surface area contributed by atoms with Crippen molar-refractivity contribution in [3.8, 4) is 0 Å². The molecule has 0 amide bonds. The third kappa shape index (κ3) is 2.93. The number of hydrogen-bond acceptors (Lipinski definition) is 2. The first-order valence-corrected chi connectivity index (χ1v) is 6.47. The molecule has 2 bridgehead atoms. The van der Waals surface area contributed by atoms with E-state index in [1.165, 1.54) is 0 Å². The molecule has 0 saturated carbocycles. The van der Waals surface area contributed by atoms with E-state index in [-0.39, 0.29) is 6.42 Å². The molecule has 23 heavy (non-hydrogen) atoms. The van der Waals surface area contributed by atoms with E-state index in [1.807, 2.05) is 0 Å². The molecule has 0 unspecified atom stereocenters. The molecule has 2 aliphatic rings. The quantitative estimate of drug-likeness (QED) is 0.684. The van der Waals surface area contributed by atoms with E-state index in [1.54, 1.807) is 24.3 Å². The summed E-state index contributed by atoms with van der Waals surface area (Å²) >= 11 is 0. The third-order valence-electron chi connectivity index (χ3n) is 3.39. The zero-order valence-corrected chi connectivity index (χ0v) is 11.3. The molecule has 0 saturated heterocycles. The number of allylic oxidation sites excluding steroid dienone is 6.